The Morgan fingerprint density at radius 1 is 1.10 bits per heavy atom. The molecule has 0 aliphatic heterocycles. The summed E-state index contributed by atoms with van der Waals surface area (Å²) >= 11 is 2.06. The highest BCUT2D eigenvalue weighted by molar-refractivity contribution is 14.1. The summed E-state index contributed by atoms with van der Waals surface area (Å²) in [7, 11) is -3.79. The predicted molar refractivity (Wildman–Crippen MR) is 124 cm³/mol. The molecule has 0 saturated heterocycles. The van der Waals surface area contributed by atoms with Crippen LogP contribution >= 0.6 is 22.6 Å². The van der Waals surface area contributed by atoms with E-state index >= 15 is 0 Å². The molecule has 152 valence electrons. The normalized spacial score (nSPS) is 11.5. The van der Waals surface area contributed by atoms with Gasteiger partial charge in [-0.1, -0.05) is 48.0 Å². The molecule has 0 saturated carbocycles. The molecule has 2 aromatic heterocycles. The first kappa shape index (κ1) is 20.5. The van der Waals surface area contributed by atoms with Crippen molar-refractivity contribution in [1.82, 2.24) is 14.3 Å². The average molecular weight is 531 g/mol. The summed E-state index contributed by atoms with van der Waals surface area (Å²) < 4.78 is 28.0. The van der Waals surface area contributed by atoms with Crippen molar-refractivity contribution < 1.29 is 13.2 Å². The smallest absolute Gasteiger partial charge is 0.269 e. The van der Waals surface area contributed by atoms with Crippen molar-refractivity contribution in [1.29, 1.82) is 0 Å². The minimum absolute atomic E-state index is 0.188. The van der Waals surface area contributed by atoms with Gasteiger partial charge in [0.05, 0.1) is 10.5 Å². The van der Waals surface area contributed by atoms with E-state index in [1.807, 2.05) is 37.3 Å². The van der Waals surface area contributed by atoms with Crippen LogP contribution in [0.15, 0.2) is 78.0 Å². The summed E-state index contributed by atoms with van der Waals surface area (Å²) in [4.78, 5) is 17.0. The van der Waals surface area contributed by atoms with Gasteiger partial charge in [0.1, 0.15) is 0 Å². The zero-order valence-electron chi connectivity index (χ0n) is 16.0. The summed E-state index contributed by atoms with van der Waals surface area (Å²) in [6.45, 7) is 2.30. The zero-order valence-corrected chi connectivity index (χ0v) is 19.0. The maximum Gasteiger partial charge on any atom is 0.269 e. The Bertz CT molecular complexity index is 1330. The maximum absolute atomic E-state index is 13.1. The number of rotatable bonds is 5. The molecule has 4 rings (SSSR count). The Labute approximate surface area is 188 Å². The van der Waals surface area contributed by atoms with Crippen molar-refractivity contribution in [3.63, 3.8) is 0 Å². The van der Waals surface area contributed by atoms with Crippen LogP contribution in [0.1, 0.15) is 21.5 Å². The van der Waals surface area contributed by atoms with Crippen LogP contribution in [0.4, 0.5) is 0 Å². The standard InChI is InChI=1S/C22H18IN3O3S/c1-15-7-9-18(10-8-15)30(28,29)26-14-20(23)19-11-17(13-24-21(19)26)22(27)25-12-16-5-3-2-4-6-16/h2-11,13-14H,12H2,1H3,(H,25,27). The second kappa shape index (κ2) is 8.19. The fourth-order valence-electron chi connectivity index (χ4n) is 3.05. The lowest BCUT2D eigenvalue weighted by Crippen LogP contribution is -2.23. The Balaban J connectivity index is 1.66. The van der Waals surface area contributed by atoms with Crippen LogP contribution in [0.5, 0.6) is 0 Å². The van der Waals surface area contributed by atoms with Gasteiger partial charge in [0.2, 0.25) is 0 Å². The first-order chi connectivity index (χ1) is 14.4. The van der Waals surface area contributed by atoms with E-state index in [0.717, 1.165) is 11.1 Å². The highest BCUT2D eigenvalue weighted by Crippen LogP contribution is 2.26. The summed E-state index contributed by atoms with van der Waals surface area (Å²) in [5.41, 5.74) is 2.64. The SMILES string of the molecule is Cc1ccc(S(=O)(=O)n2cc(I)c3cc(C(=O)NCc4ccccc4)cnc32)cc1. The zero-order chi connectivity index (χ0) is 21.3. The highest BCUT2D eigenvalue weighted by atomic mass is 127. The first-order valence-corrected chi connectivity index (χ1v) is 11.7. The molecule has 0 aliphatic carbocycles. The van der Waals surface area contributed by atoms with Crippen LogP contribution in [0.25, 0.3) is 11.0 Å². The fourth-order valence-corrected chi connectivity index (χ4v) is 5.24. The average Bonchev–Trinajstić information content (AvgIpc) is 3.10. The lowest BCUT2D eigenvalue weighted by Gasteiger charge is -2.08. The summed E-state index contributed by atoms with van der Waals surface area (Å²) in [6.07, 6.45) is 2.93. The van der Waals surface area contributed by atoms with Crippen LogP contribution in [0.2, 0.25) is 0 Å². The van der Waals surface area contributed by atoms with Gasteiger partial charge in [0.25, 0.3) is 15.9 Å². The second-order valence-electron chi connectivity index (χ2n) is 6.85. The number of amides is 1. The monoisotopic (exact) mass is 531 g/mol. The van der Waals surface area contributed by atoms with Gasteiger partial charge < -0.3 is 5.32 Å². The molecular formula is C22H18IN3O3S. The molecule has 0 radical (unpaired) electrons. The number of benzene rings is 2. The molecule has 0 fully saturated rings. The molecule has 0 spiro atoms. The third-order valence-electron chi connectivity index (χ3n) is 4.70. The minimum atomic E-state index is -3.79. The van der Waals surface area contributed by atoms with Crippen LogP contribution in [-0.4, -0.2) is 23.3 Å². The van der Waals surface area contributed by atoms with Crippen molar-refractivity contribution >= 4 is 49.6 Å². The van der Waals surface area contributed by atoms with Crippen LogP contribution in [0, 0.1) is 10.5 Å². The number of halogens is 1. The molecule has 1 N–H and O–H groups in total. The lowest BCUT2D eigenvalue weighted by atomic mass is 10.2. The molecule has 0 bridgehead atoms. The van der Waals surface area contributed by atoms with Gasteiger partial charge in [-0.05, 0) is 53.3 Å². The fraction of sp³-hybridized carbons (Fsp3) is 0.0909. The topological polar surface area (TPSA) is 81.1 Å². The molecule has 0 unspecified atom stereocenters. The summed E-state index contributed by atoms with van der Waals surface area (Å²) in [5.74, 6) is -0.266. The van der Waals surface area contributed by atoms with E-state index in [9.17, 15) is 13.2 Å². The number of carbonyl (C=O) groups excluding carboxylic acids is 1. The van der Waals surface area contributed by atoms with Gasteiger partial charge >= 0.3 is 0 Å². The van der Waals surface area contributed by atoms with E-state index in [2.05, 4.69) is 32.9 Å². The van der Waals surface area contributed by atoms with Crippen LogP contribution in [-0.2, 0) is 16.6 Å². The van der Waals surface area contributed by atoms with Gasteiger partial charge in [-0.25, -0.2) is 17.4 Å². The molecule has 30 heavy (non-hydrogen) atoms. The number of hydrogen-bond acceptors (Lipinski definition) is 4. The van der Waals surface area contributed by atoms with Gasteiger partial charge in [0.15, 0.2) is 5.65 Å². The van der Waals surface area contributed by atoms with Crippen molar-refractivity contribution in [3.05, 3.63) is 93.3 Å². The van der Waals surface area contributed by atoms with Crippen molar-refractivity contribution in [3.8, 4) is 0 Å². The van der Waals surface area contributed by atoms with E-state index in [-0.39, 0.29) is 10.8 Å². The third-order valence-corrected chi connectivity index (χ3v) is 7.22. The molecular weight excluding hydrogens is 513 g/mol. The van der Waals surface area contributed by atoms with E-state index in [0.29, 0.717) is 26.7 Å². The first-order valence-electron chi connectivity index (χ1n) is 9.17. The number of pyridine rings is 1. The number of aryl methyl sites for hydroxylation is 1. The van der Waals surface area contributed by atoms with Crippen LogP contribution < -0.4 is 5.32 Å². The maximum atomic E-state index is 13.1. The predicted octanol–water partition coefficient (Wildman–Crippen LogP) is 4.12. The largest absolute Gasteiger partial charge is 0.348 e. The van der Waals surface area contributed by atoms with Crippen molar-refractivity contribution in [2.45, 2.75) is 18.4 Å². The van der Waals surface area contributed by atoms with Gasteiger partial charge in [-0.3, -0.25) is 4.79 Å². The number of carbonyl (C=O) groups is 1. The second-order valence-corrected chi connectivity index (χ2v) is 9.83. The number of hydrogen-bond donors (Lipinski definition) is 1. The van der Waals surface area contributed by atoms with E-state index in [1.165, 1.54) is 16.4 Å². The van der Waals surface area contributed by atoms with E-state index in [4.69, 9.17) is 0 Å². The number of nitrogens with one attached hydrogen (secondary N) is 1. The molecule has 2 aromatic carbocycles. The summed E-state index contributed by atoms with van der Waals surface area (Å²) in [6, 6.07) is 17.9. The quantitative estimate of drug-likeness (QED) is 0.393. The van der Waals surface area contributed by atoms with Crippen LogP contribution in [0.3, 0.4) is 0 Å². The molecule has 8 heteroatoms. The van der Waals surface area contributed by atoms with Crippen molar-refractivity contribution in [2.24, 2.45) is 0 Å². The van der Waals surface area contributed by atoms with E-state index in [1.54, 1.807) is 30.3 Å². The highest BCUT2D eigenvalue weighted by Gasteiger charge is 2.22. The number of fused-ring (bicyclic) bond motifs is 1. The number of aromatic nitrogens is 2. The summed E-state index contributed by atoms with van der Waals surface area (Å²) in [5, 5.41) is 3.47. The molecule has 6 nitrogen and oxygen atoms in total. The molecule has 0 atom stereocenters. The van der Waals surface area contributed by atoms with E-state index < -0.39 is 10.0 Å². The molecule has 4 aromatic rings. The third kappa shape index (κ3) is 3.97. The van der Waals surface area contributed by atoms with Crippen molar-refractivity contribution in [2.75, 3.05) is 0 Å². The Morgan fingerprint density at radius 3 is 2.50 bits per heavy atom. The molecule has 2 heterocycles. The Morgan fingerprint density at radius 2 is 1.80 bits per heavy atom. The minimum Gasteiger partial charge on any atom is -0.348 e. The Kier molecular flexibility index (Phi) is 5.61. The van der Waals surface area contributed by atoms with Gasteiger partial charge in [-0.15, -0.1) is 0 Å². The Hall–Kier alpha value is -2.72. The number of nitrogens with zero attached hydrogens (tertiary/aromatic N) is 2. The van der Waals surface area contributed by atoms with Gasteiger partial charge in [0, 0.05) is 27.9 Å². The molecule has 1 amide bonds. The lowest BCUT2D eigenvalue weighted by molar-refractivity contribution is 0.0950. The molecule has 0 aliphatic rings. The van der Waals surface area contributed by atoms with Gasteiger partial charge in [-0.2, -0.15) is 0 Å².